The zero-order valence-electron chi connectivity index (χ0n) is 14.6. The zero-order valence-corrected chi connectivity index (χ0v) is 15.4. The van der Waals surface area contributed by atoms with Crippen LogP contribution in [0, 0.1) is 6.92 Å². The molecule has 0 bridgehead atoms. The quantitative estimate of drug-likeness (QED) is 0.630. The maximum absolute atomic E-state index is 12.7. The number of hydrogen-bond acceptors (Lipinski definition) is 5. The van der Waals surface area contributed by atoms with E-state index in [4.69, 9.17) is 5.11 Å². The third-order valence-electron chi connectivity index (χ3n) is 3.74. The summed E-state index contributed by atoms with van der Waals surface area (Å²) in [4.78, 5) is 34.6. The molecule has 3 rings (SSSR count). The molecule has 1 saturated heterocycles. The molecule has 1 aromatic heterocycles. The predicted molar refractivity (Wildman–Crippen MR) is 107 cm³/mol. The number of aromatic nitrogens is 1. The van der Waals surface area contributed by atoms with Crippen molar-refractivity contribution in [3.8, 4) is 0 Å². The average Bonchev–Trinajstić information content (AvgIpc) is 2.91. The van der Waals surface area contributed by atoms with Gasteiger partial charge in [-0.25, -0.2) is 14.8 Å². The standard InChI is InChI=1S/C20H17N3O3S/c1-3-11-23-18(24)16(12-14-7-9-15(10-8-14)19(25)26)27-20(23)22-17-6-4-5-13(2)21-17/h3-10,12H,1,11H2,2H3,(H,25,26)/b16-12-,22-20+. The lowest BCUT2D eigenvalue weighted by Crippen LogP contribution is -2.29. The van der Waals surface area contributed by atoms with E-state index in [9.17, 15) is 9.59 Å². The van der Waals surface area contributed by atoms with Gasteiger partial charge in [-0.2, -0.15) is 0 Å². The average molecular weight is 379 g/mol. The van der Waals surface area contributed by atoms with Gasteiger partial charge in [-0.15, -0.1) is 6.58 Å². The summed E-state index contributed by atoms with van der Waals surface area (Å²) in [7, 11) is 0. The number of amidine groups is 1. The fourth-order valence-corrected chi connectivity index (χ4v) is 3.44. The minimum Gasteiger partial charge on any atom is -0.478 e. The molecule has 1 N–H and O–H groups in total. The summed E-state index contributed by atoms with van der Waals surface area (Å²) >= 11 is 1.26. The van der Waals surface area contributed by atoms with Crippen molar-refractivity contribution in [1.82, 2.24) is 9.88 Å². The van der Waals surface area contributed by atoms with Crippen LogP contribution in [0.3, 0.4) is 0 Å². The van der Waals surface area contributed by atoms with Gasteiger partial charge in [0, 0.05) is 12.2 Å². The van der Waals surface area contributed by atoms with Crippen LogP contribution in [0.2, 0.25) is 0 Å². The van der Waals surface area contributed by atoms with E-state index < -0.39 is 5.97 Å². The van der Waals surface area contributed by atoms with Gasteiger partial charge in [-0.05, 0) is 54.6 Å². The highest BCUT2D eigenvalue weighted by Crippen LogP contribution is 2.33. The molecular formula is C20H17N3O3S. The summed E-state index contributed by atoms with van der Waals surface area (Å²) in [5, 5.41) is 9.51. The third kappa shape index (κ3) is 4.32. The van der Waals surface area contributed by atoms with Crippen LogP contribution in [0.15, 0.2) is 65.0 Å². The first-order valence-corrected chi connectivity index (χ1v) is 8.97. The predicted octanol–water partition coefficient (Wildman–Crippen LogP) is 3.88. The van der Waals surface area contributed by atoms with Gasteiger partial charge < -0.3 is 5.11 Å². The number of hydrogen-bond donors (Lipinski definition) is 1. The van der Waals surface area contributed by atoms with Crippen molar-refractivity contribution in [2.75, 3.05) is 6.54 Å². The highest BCUT2D eigenvalue weighted by molar-refractivity contribution is 8.18. The lowest BCUT2D eigenvalue weighted by molar-refractivity contribution is -0.121. The summed E-state index contributed by atoms with van der Waals surface area (Å²) < 4.78 is 0. The van der Waals surface area contributed by atoms with E-state index >= 15 is 0 Å². The Morgan fingerprint density at radius 3 is 2.67 bits per heavy atom. The summed E-state index contributed by atoms with van der Waals surface area (Å²) in [5.41, 5.74) is 1.78. The molecule has 0 aliphatic carbocycles. The monoisotopic (exact) mass is 379 g/mol. The number of aryl methyl sites for hydroxylation is 1. The van der Waals surface area contributed by atoms with Crippen molar-refractivity contribution in [2.45, 2.75) is 6.92 Å². The highest BCUT2D eigenvalue weighted by Gasteiger charge is 2.32. The molecule has 0 saturated carbocycles. The van der Waals surface area contributed by atoms with Crippen LogP contribution in [0.1, 0.15) is 21.6 Å². The second-order valence-corrected chi connectivity index (χ2v) is 6.78. The van der Waals surface area contributed by atoms with Crippen LogP contribution in [0.4, 0.5) is 5.82 Å². The highest BCUT2D eigenvalue weighted by atomic mass is 32.2. The van der Waals surface area contributed by atoms with Gasteiger partial charge in [0.25, 0.3) is 5.91 Å². The first-order chi connectivity index (χ1) is 13.0. The molecule has 0 spiro atoms. The Kier molecular flexibility index (Phi) is 5.52. The molecule has 1 aliphatic rings. The van der Waals surface area contributed by atoms with Gasteiger partial charge in [0.15, 0.2) is 11.0 Å². The van der Waals surface area contributed by atoms with Crippen molar-refractivity contribution >= 4 is 40.7 Å². The molecule has 2 aromatic rings. The van der Waals surface area contributed by atoms with Gasteiger partial charge in [-0.3, -0.25) is 9.69 Å². The second kappa shape index (κ2) is 8.01. The Labute approximate surface area is 161 Å². The van der Waals surface area contributed by atoms with Crippen LogP contribution in [-0.2, 0) is 4.79 Å². The number of amides is 1. The van der Waals surface area contributed by atoms with Crippen LogP contribution in [0.25, 0.3) is 6.08 Å². The number of aliphatic imine (C=N–C) groups is 1. The third-order valence-corrected chi connectivity index (χ3v) is 4.75. The lowest BCUT2D eigenvalue weighted by Gasteiger charge is -2.12. The van der Waals surface area contributed by atoms with Crippen molar-refractivity contribution in [3.63, 3.8) is 0 Å². The number of nitrogens with zero attached hydrogens (tertiary/aromatic N) is 3. The van der Waals surface area contributed by atoms with Gasteiger partial charge >= 0.3 is 5.97 Å². The van der Waals surface area contributed by atoms with Crippen LogP contribution >= 0.6 is 11.8 Å². The number of carboxylic acids is 1. The number of carbonyl (C=O) groups excluding carboxylic acids is 1. The minimum atomic E-state index is -0.988. The van der Waals surface area contributed by atoms with Crippen LogP contribution < -0.4 is 0 Å². The van der Waals surface area contributed by atoms with Crippen molar-refractivity contribution in [2.24, 2.45) is 4.99 Å². The van der Waals surface area contributed by atoms with Crippen molar-refractivity contribution in [3.05, 3.63) is 76.8 Å². The summed E-state index contributed by atoms with van der Waals surface area (Å²) in [6, 6.07) is 11.9. The van der Waals surface area contributed by atoms with Crippen LogP contribution in [-0.4, -0.2) is 38.6 Å². The minimum absolute atomic E-state index is 0.173. The van der Waals surface area contributed by atoms with E-state index in [1.807, 2.05) is 19.1 Å². The number of benzene rings is 1. The molecule has 1 aromatic carbocycles. The molecule has 0 atom stereocenters. The molecular weight excluding hydrogens is 362 g/mol. The largest absolute Gasteiger partial charge is 0.478 e. The molecule has 1 aliphatic heterocycles. The van der Waals surface area contributed by atoms with Crippen molar-refractivity contribution in [1.29, 1.82) is 0 Å². The summed E-state index contributed by atoms with van der Waals surface area (Å²) in [6.07, 6.45) is 3.36. The molecule has 136 valence electrons. The zero-order chi connectivity index (χ0) is 19.4. The maximum Gasteiger partial charge on any atom is 0.335 e. The molecule has 6 nitrogen and oxygen atoms in total. The van der Waals surface area contributed by atoms with Crippen molar-refractivity contribution < 1.29 is 14.7 Å². The van der Waals surface area contributed by atoms with Crippen LogP contribution in [0.5, 0.6) is 0 Å². The van der Waals surface area contributed by atoms with E-state index in [1.165, 1.54) is 23.9 Å². The van der Waals surface area contributed by atoms with E-state index in [-0.39, 0.29) is 11.5 Å². The van der Waals surface area contributed by atoms with Gasteiger partial charge in [-0.1, -0.05) is 24.3 Å². The molecule has 27 heavy (non-hydrogen) atoms. The fraction of sp³-hybridized carbons (Fsp3) is 0.100. The van der Waals surface area contributed by atoms with Gasteiger partial charge in [0.2, 0.25) is 0 Å². The Morgan fingerprint density at radius 1 is 1.30 bits per heavy atom. The molecule has 1 fully saturated rings. The first-order valence-electron chi connectivity index (χ1n) is 8.16. The molecule has 0 radical (unpaired) electrons. The number of rotatable bonds is 5. The number of carboxylic acid groups (broad SMARTS) is 1. The van der Waals surface area contributed by atoms with Gasteiger partial charge in [0.1, 0.15) is 0 Å². The SMILES string of the molecule is C=CCN1C(=O)/C(=C/c2ccc(C(=O)O)cc2)S/C1=N/c1cccc(C)n1. The van der Waals surface area contributed by atoms with Gasteiger partial charge in [0.05, 0.1) is 10.5 Å². The Balaban J connectivity index is 1.92. The molecule has 1 amide bonds. The first kappa shape index (κ1) is 18.6. The normalized spacial score (nSPS) is 16.9. The fourth-order valence-electron chi connectivity index (χ4n) is 2.44. The lowest BCUT2D eigenvalue weighted by atomic mass is 10.1. The Morgan fingerprint density at radius 2 is 2.04 bits per heavy atom. The topological polar surface area (TPSA) is 82.9 Å². The van der Waals surface area contributed by atoms with E-state index in [0.29, 0.717) is 22.4 Å². The second-order valence-electron chi connectivity index (χ2n) is 5.77. The van der Waals surface area contributed by atoms with E-state index in [0.717, 1.165) is 11.3 Å². The Bertz CT molecular complexity index is 965. The Hall–Kier alpha value is -3.19. The summed E-state index contributed by atoms with van der Waals surface area (Å²) in [6.45, 7) is 5.92. The maximum atomic E-state index is 12.7. The number of aromatic carboxylic acids is 1. The number of pyridine rings is 1. The number of thioether (sulfide) groups is 1. The van der Waals surface area contributed by atoms with E-state index in [2.05, 4.69) is 16.6 Å². The molecule has 2 heterocycles. The summed E-state index contributed by atoms with van der Waals surface area (Å²) in [5.74, 6) is -0.627. The molecule has 0 unspecified atom stereocenters. The molecule has 7 heteroatoms. The smallest absolute Gasteiger partial charge is 0.335 e. The number of carbonyl (C=O) groups is 2. The van der Waals surface area contributed by atoms with E-state index in [1.54, 1.807) is 35.3 Å².